The molecular formula is C15H18ClNO2. The lowest BCUT2D eigenvalue weighted by atomic mass is 10.1. The number of furan rings is 1. The third-order valence-corrected chi connectivity index (χ3v) is 3.38. The first-order valence-corrected chi connectivity index (χ1v) is 6.70. The third kappa shape index (κ3) is 3.31. The summed E-state index contributed by atoms with van der Waals surface area (Å²) in [4.78, 5) is 0. The van der Waals surface area contributed by atoms with Gasteiger partial charge in [-0.2, -0.15) is 0 Å². The highest BCUT2D eigenvalue weighted by Crippen LogP contribution is 2.31. The van der Waals surface area contributed by atoms with Gasteiger partial charge in [0, 0.05) is 18.0 Å². The van der Waals surface area contributed by atoms with Crippen molar-refractivity contribution in [3.8, 4) is 17.1 Å². The maximum Gasteiger partial charge on any atom is 0.137 e. The summed E-state index contributed by atoms with van der Waals surface area (Å²) in [6.07, 6.45) is 1.69. The fourth-order valence-electron chi connectivity index (χ4n) is 1.87. The number of ether oxygens (including phenoxy) is 1. The van der Waals surface area contributed by atoms with E-state index in [2.05, 4.69) is 6.92 Å². The number of hydrogen-bond acceptors (Lipinski definition) is 3. The van der Waals surface area contributed by atoms with E-state index in [0.717, 1.165) is 29.9 Å². The van der Waals surface area contributed by atoms with E-state index in [1.807, 2.05) is 30.3 Å². The molecule has 1 aromatic heterocycles. The van der Waals surface area contributed by atoms with Gasteiger partial charge in [-0.05, 0) is 36.8 Å². The first kappa shape index (κ1) is 14.0. The van der Waals surface area contributed by atoms with Crippen molar-refractivity contribution in [1.29, 1.82) is 0 Å². The van der Waals surface area contributed by atoms with Crippen molar-refractivity contribution in [2.75, 3.05) is 7.11 Å². The van der Waals surface area contributed by atoms with Gasteiger partial charge in [0.2, 0.25) is 0 Å². The van der Waals surface area contributed by atoms with Crippen LogP contribution in [0.3, 0.4) is 0 Å². The highest BCUT2D eigenvalue weighted by Gasteiger charge is 2.10. The summed E-state index contributed by atoms with van der Waals surface area (Å²) >= 11 is 6.11. The standard InChI is InChI=1S/C15H18ClNO2/c1-3-11(17)9-12-5-7-14(19-12)10-4-6-15(18-2)13(16)8-10/h4-8,11H,3,9,17H2,1-2H3. The van der Waals surface area contributed by atoms with Crippen LogP contribution >= 0.6 is 11.6 Å². The van der Waals surface area contributed by atoms with Gasteiger partial charge in [-0.15, -0.1) is 0 Å². The molecule has 0 bridgehead atoms. The smallest absolute Gasteiger partial charge is 0.137 e. The van der Waals surface area contributed by atoms with Crippen LogP contribution in [0.25, 0.3) is 11.3 Å². The molecule has 0 fully saturated rings. The maximum absolute atomic E-state index is 6.11. The van der Waals surface area contributed by atoms with Gasteiger partial charge in [0.1, 0.15) is 17.3 Å². The van der Waals surface area contributed by atoms with E-state index < -0.39 is 0 Å². The Morgan fingerprint density at radius 1 is 1.32 bits per heavy atom. The highest BCUT2D eigenvalue weighted by molar-refractivity contribution is 6.32. The topological polar surface area (TPSA) is 48.4 Å². The number of methoxy groups -OCH3 is 1. The predicted molar refractivity (Wildman–Crippen MR) is 77.7 cm³/mol. The summed E-state index contributed by atoms with van der Waals surface area (Å²) < 4.78 is 10.9. The largest absolute Gasteiger partial charge is 0.495 e. The van der Waals surface area contributed by atoms with Crippen LogP contribution in [0.4, 0.5) is 0 Å². The number of benzene rings is 1. The second kappa shape index (κ2) is 6.13. The van der Waals surface area contributed by atoms with Crippen LogP contribution < -0.4 is 10.5 Å². The zero-order chi connectivity index (χ0) is 13.8. The van der Waals surface area contributed by atoms with E-state index >= 15 is 0 Å². The summed E-state index contributed by atoms with van der Waals surface area (Å²) in [7, 11) is 1.60. The molecule has 0 aliphatic heterocycles. The van der Waals surface area contributed by atoms with Crippen molar-refractivity contribution in [2.24, 2.45) is 5.73 Å². The van der Waals surface area contributed by atoms with Crippen LogP contribution in [0.1, 0.15) is 19.1 Å². The highest BCUT2D eigenvalue weighted by atomic mass is 35.5. The van der Waals surface area contributed by atoms with Crippen molar-refractivity contribution in [3.05, 3.63) is 41.1 Å². The molecule has 2 N–H and O–H groups in total. The van der Waals surface area contributed by atoms with E-state index in [1.54, 1.807) is 7.11 Å². The van der Waals surface area contributed by atoms with Crippen molar-refractivity contribution >= 4 is 11.6 Å². The second-order valence-corrected chi connectivity index (χ2v) is 4.89. The molecule has 4 heteroatoms. The minimum Gasteiger partial charge on any atom is -0.495 e. The van der Waals surface area contributed by atoms with Gasteiger partial charge < -0.3 is 14.9 Å². The minimum atomic E-state index is 0.137. The molecule has 1 unspecified atom stereocenters. The summed E-state index contributed by atoms with van der Waals surface area (Å²) in [5.41, 5.74) is 6.85. The Bertz CT molecular complexity index is 551. The summed E-state index contributed by atoms with van der Waals surface area (Å²) in [6.45, 7) is 2.07. The summed E-state index contributed by atoms with van der Waals surface area (Å²) in [6, 6.07) is 9.63. The van der Waals surface area contributed by atoms with Gasteiger partial charge in [-0.3, -0.25) is 0 Å². The van der Waals surface area contributed by atoms with Crippen molar-refractivity contribution in [2.45, 2.75) is 25.8 Å². The first-order valence-electron chi connectivity index (χ1n) is 6.32. The van der Waals surface area contributed by atoms with Crippen molar-refractivity contribution < 1.29 is 9.15 Å². The minimum absolute atomic E-state index is 0.137. The maximum atomic E-state index is 6.11. The molecule has 0 spiro atoms. The number of rotatable bonds is 5. The van der Waals surface area contributed by atoms with Crippen LogP contribution in [0.2, 0.25) is 5.02 Å². The van der Waals surface area contributed by atoms with Crippen LogP contribution in [0.5, 0.6) is 5.75 Å². The van der Waals surface area contributed by atoms with Gasteiger partial charge in [0.05, 0.1) is 12.1 Å². The molecule has 19 heavy (non-hydrogen) atoms. The molecule has 0 radical (unpaired) electrons. The van der Waals surface area contributed by atoms with Crippen LogP contribution in [-0.4, -0.2) is 13.2 Å². The Hall–Kier alpha value is -1.45. The Morgan fingerprint density at radius 3 is 2.74 bits per heavy atom. The van der Waals surface area contributed by atoms with E-state index in [0.29, 0.717) is 10.8 Å². The van der Waals surface area contributed by atoms with E-state index in [4.69, 9.17) is 26.5 Å². The molecule has 0 saturated carbocycles. The Labute approximate surface area is 118 Å². The van der Waals surface area contributed by atoms with Gasteiger partial charge in [0.15, 0.2) is 0 Å². The predicted octanol–water partition coefficient (Wildman–Crippen LogP) is 3.89. The number of halogens is 1. The Kier molecular flexibility index (Phi) is 4.51. The van der Waals surface area contributed by atoms with Crippen LogP contribution in [0.15, 0.2) is 34.7 Å². The molecule has 0 aliphatic carbocycles. The van der Waals surface area contributed by atoms with E-state index in [-0.39, 0.29) is 6.04 Å². The molecule has 0 amide bonds. The van der Waals surface area contributed by atoms with Gasteiger partial charge in [-0.25, -0.2) is 0 Å². The first-order chi connectivity index (χ1) is 9.13. The SMILES string of the molecule is CCC(N)Cc1ccc(-c2ccc(OC)c(Cl)c2)o1. The van der Waals surface area contributed by atoms with Crippen LogP contribution in [0, 0.1) is 0 Å². The lowest BCUT2D eigenvalue weighted by Gasteiger charge is -2.06. The Morgan fingerprint density at radius 2 is 2.11 bits per heavy atom. The molecular weight excluding hydrogens is 262 g/mol. The van der Waals surface area contributed by atoms with Crippen molar-refractivity contribution in [1.82, 2.24) is 0 Å². The molecule has 1 aromatic carbocycles. The fourth-order valence-corrected chi connectivity index (χ4v) is 2.12. The summed E-state index contributed by atoms with van der Waals surface area (Å²) in [5, 5.41) is 0.572. The number of hydrogen-bond donors (Lipinski definition) is 1. The quantitative estimate of drug-likeness (QED) is 0.903. The Balaban J connectivity index is 2.20. The molecule has 102 valence electrons. The van der Waals surface area contributed by atoms with Crippen LogP contribution in [-0.2, 0) is 6.42 Å². The third-order valence-electron chi connectivity index (χ3n) is 3.09. The van der Waals surface area contributed by atoms with Gasteiger partial charge in [-0.1, -0.05) is 18.5 Å². The average molecular weight is 280 g/mol. The van der Waals surface area contributed by atoms with Gasteiger partial charge >= 0.3 is 0 Å². The molecule has 3 nitrogen and oxygen atoms in total. The van der Waals surface area contributed by atoms with Gasteiger partial charge in [0.25, 0.3) is 0 Å². The lowest BCUT2D eigenvalue weighted by Crippen LogP contribution is -2.20. The average Bonchev–Trinajstić information content (AvgIpc) is 2.87. The molecule has 1 atom stereocenters. The lowest BCUT2D eigenvalue weighted by molar-refractivity contribution is 0.415. The zero-order valence-corrected chi connectivity index (χ0v) is 11.9. The molecule has 2 aromatic rings. The fraction of sp³-hybridized carbons (Fsp3) is 0.333. The summed E-state index contributed by atoms with van der Waals surface area (Å²) in [5.74, 6) is 2.35. The van der Waals surface area contributed by atoms with E-state index in [9.17, 15) is 0 Å². The molecule has 0 aliphatic rings. The van der Waals surface area contributed by atoms with E-state index in [1.165, 1.54) is 0 Å². The second-order valence-electron chi connectivity index (χ2n) is 4.49. The zero-order valence-electron chi connectivity index (χ0n) is 11.2. The molecule has 0 saturated heterocycles. The normalized spacial score (nSPS) is 12.4. The number of nitrogens with two attached hydrogens (primary N) is 1. The molecule has 1 heterocycles. The van der Waals surface area contributed by atoms with Crippen molar-refractivity contribution in [3.63, 3.8) is 0 Å². The molecule has 2 rings (SSSR count). The monoisotopic (exact) mass is 279 g/mol.